The highest BCUT2D eigenvalue weighted by Crippen LogP contribution is 2.29. The van der Waals surface area contributed by atoms with Crippen LogP contribution in [0.15, 0.2) is 47.5 Å². The summed E-state index contributed by atoms with van der Waals surface area (Å²) in [7, 11) is 3.16. The maximum atomic E-state index is 11.8. The topological polar surface area (TPSA) is 95.0 Å². The summed E-state index contributed by atoms with van der Waals surface area (Å²) in [5.41, 5.74) is 2.54. The van der Waals surface area contributed by atoms with Gasteiger partial charge in [-0.3, -0.25) is 9.79 Å². The lowest BCUT2D eigenvalue weighted by atomic mass is 10.1. The van der Waals surface area contributed by atoms with Crippen molar-refractivity contribution in [1.29, 1.82) is 0 Å². The molecule has 4 N–H and O–H groups in total. The number of carbonyl (C=O) groups excluding carboxylic acids is 1. The summed E-state index contributed by atoms with van der Waals surface area (Å²) >= 11 is 0. The summed E-state index contributed by atoms with van der Waals surface area (Å²) in [6.45, 7) is 3.98. The van der Waals surface area contributed by atoms with Crippen molar-refractivity contribution in [2.24, 2.45) is 4.99 Å². The summed E-state index contributed by atoms with van der Waals surface area (Å²) in [5, 5.41) is 19.3. The number of nitrogens with one attached hydrogen (secondary N) is 3. The molecule has 0 saturated carbocycles. The Morgan fingerprint density at radius 1 is 1.13 bits per heavy atom. The first kappa shape index (κ1) is 25.5. The van der Waals surface area contributed by atoms with Gasteiger partial charge in [0.2, 0.25) is 0 Å². The monoisotopic (exact) mass is 526 g/mol. The molecule has 0 spiro atoms. The Labute approximate surface area is 195 Å². The van der Waals surface area contributed by atoms with Crippen LogP contribution in [0.1, 0.15) is 28.4 Å². The van der Waals surface area contributed by atoms with Crippen molar-refractivity contribution in [3.05, 3.63) is 59.2 Å². The molecule has 8 heteroatoms. The summed E-state index contributed by atoms with van der Waals surface area (Å²) in [4.78, 5) is 16.3. The molecule has 0 unspecified atom stereocenters. The number of hydrogen-bond donors (Lipinski definition) is 4. The van der Waals surface area contributed by atoms with Gasteiger partial charge in [0.15, 0.2) is 17.5 Å². The fourth-order valence-corrected chi connectivity index (χ4v) is 2.90. The molecule has 2 aromatic carbocycles. The van der Waals surface area contributed by atoms with Crippen LogP contribution >= 0.6 is 24.0 Å². The lowest BCUT2D eigenvalue weighted by molar-refractivity contribution is 0.0963. The molecule has 0 aliphatic heterocycles. The smallest absolute Gasteiger partial charge is 0.251 e. The Balaban J connectivity index is 0.00000450. The SMILES string of the molecule is CCNC(=NCCc1cccc(OC)c1O)NCCc1cccc(C(=O)NC)c1.I. The van der Waals surface area contributed by atoms with Crippen LogP contribution in [0.2, 0.25) is 0 Å². The third-order valence-electron chi connectivity index (χ3n) is 4.42. The number of benzene rings is 2. The number of para-hydroxylation sites is 1. The fraction of sp³-hybridized carbons (Fsp3) is 0.364. The average molecular weight is 526 g/mol. The number of halogens is 1. The molecule has 0 bridgehead atoms. The van der Waals surface area contributed by atoms with Crippen LogP contribution in [0.4, 0.5) is 0 Å². The van der Waals surface area contributed by atoms with E-state index in [2.05, 4.69) is 20.9 Å². The van der Waals surface area contributed by atoms with Crippen molar-refractivity contribution in [3.63, 3.8) is 0 Å². The van der Waals surface area contributed by atoms with Gasteiger partial charge in [0.05, 0.1) is 7.11 Å². The average Bonchev–Trinajstić information content (AvgIpc) is 2.74. The Morgan fingerprint density at radius 3 is 2.60 bits per heavy atom. The van der Waals surface area contributed by atoms with Crippen LogP contribution in [0.25, 0.3) is 0 Å². The predicted molar refractivity (Wildman–Crippen MR) is 131 cm³/mol. The second-order valence-electron chi connectivity index (χ2n) is 6.43. The molecule has 0 fully saturated rings. The van der Waals surface area contributed by atoms with Gasteiger partial charge < -0.3 is 25.8 Å². The number of rotatable bonds is 9. The molecule has 0 atom stereocenters. The highest BCUT2D eigenvalue weighted by molar-refractivity contribution is 14.0. The number of nitrogens with zero attached hydrogens (tertiary/aromatic N) is 1. The van der Waals surface area contributed by atoms with Crippen molar-refractivity contribution in [3.8, 4) is 11.5 Å². The van der Waals surface area contributed by atoms with Crippen LogP contribution in [0.3, 0.4) is 0 Å². The van der Waals surface area contributed by atoms with Crippen molar-refractivity contribution in [1.82, 2.24) is 16.0 Å². The van der Waals surface area contributed by atoms with E-state index in [9.17, 15) is 9.90 Å². The maximum absolute atomic E-state index is 11.8. The van der Waals surface area contributed by atoms with Gasteiger partial charge in [-0.2, -0.15) is 0 Å². The van der Waals surface area contributed by atoms with E-state index >= 15 is 0 Å². The molecule has 0 aromatic heterocycles. The van der Waals surface area contributed by atoms with E-state index in [0.717, 1.165) is 30.1 Å². The Bertz CT molecular complexity index is 843. The maximum Gasteiger partial charge on any atom is 0.251 e. The molecule has 164 valence electrons. The number of carbonyl (C=O) groups is 1. The zero-order valence-corrected chi connectivity index (χ0v) is 20.0. The van der Waals surface area contributed by atoms with Gasteiger partial charge >= 0.3 is 0 Å². The quantitative estimate of drug-likeness (QED) is 0.229. The summed E-state index contributed by atoms with van der Waals surface area (Å²) < 4.78 is 5.14. The molecule has 7 nitrogen and oxygen atoms in total. The highest BCUT2D eigenvalue weighted by atomic mass is 127. The number of aromatic hydroxyl groups is 1. The van der Waals surface area contributed by atoms with Crippen molar-refractivity contribution >= 4 is 35.8 Å². The standard InChI is InChI=1S/C22H30N4O3.HI/c1-4-24-22(26-14-12-17-8-6-10-19(29-3)20(17)27)25-13-11-16-7-5-9-18(15-16)21(28)23-2;/h5-10,15,27H,4,11-14H2,1-3H3,(H,23,28)(H2,24,25,26);1H. The van der Waals surface area contributed by atoms with E-state index < -0.39 is 0 Å². The highest BCUT2D eigenvalue weighted by Gasteiger charge is 2.07. The second-order valence-corrected chi connectivity index (χ2v) is 6.43. The first-order valence-corrected chi connectivity index (χ1v) is 9.77. The number of ether oxygens (including phenoxy) is 1. The minimum Gasteiger partial charge on any atom is -0.504 e. The molecule has 1 amide bonds. The van der Waals surface area contributed by atoms with Crippen LogP contribution < -0.4 is 20.7 Å². The number of phenols is 1. The van der Waals surface area contributed by atoms with E-state index in [-0.39, 0.29) is 35.6 Å². The molecule has 0 heterocycles. The van der Waals surface area contributed by atoms with Crippen LogP contribution in [-0.4, -0.2) is 50.8 Å². The molecule has 0 radical (unpaired) electrons. The minimum atomic E-state index is -0.0875. The van der Waals surface area contributed by atoms with Crippen LogP contribution in [0, 0.1) is 0 Å². The predicted octanol–water partition coefficient (Wildman–Crippen LogP) is 2.72. The van der Waals surface area contributed by atoms with Gasteiger partial charge in [0.25, 0.3) is 5.91 Å². The zero-order chi connectivity index (χ0) is 21.1. The lowest BCUT2D eigenvalue weighted by Crippen LogP contribution is -2.38. The van der Waals surface area contributed by atoms with Gasteiger partial charge in [-0.15, -0.1) is 24.0 Å². The molecule has 0 aliphatic carbocycles. The van der Waals surface area contributed by atoms with Gasteiger partial charge in [0, 0.05) is 32.2 Å². The zero-order valence-electron chi connectivity index (χ0n) is 17.7. The van der Waals surface area contributed by atoms with Crippen molar-refractivity contribution < 1.29 is 14.6 Å². The second kappa shape index (κ2) is 13.7. The molecule has 0 aliphatic rings. The van der Waals surface area contributed by atoms with Crippen molar-refractivity contribution in [2.75, 3.05) is 33.8 Å². The third-order valence-corrected chi connectivity index (χ3v) is 4.42. The Hall–Kier alpha value is -2.49. The third kappa shape index (κ3) is 7.74. The summed E-state index contributed by atoms with van der Waals surface area (Å²) in [5.74, 6) is 1.27. The summed E-state index contributed by atoms with van der Waals surface area (Å²) in [6, 6.07) is 13.0. The first-order valence-electron chi connectivity index (χ1n) is 9.77. The Kier molecular flexibility index (Phi) is 11.7. The lowest BCUT2D eigenvalue weighted by Gasteiger charge is -2.12. The Morgan fingerprint density at radius 2 is 1.90 bits per heavy atom. The van der Waals surface area contributed by atoms with Crippen molar-refractivity contribution in [2.45, 2.75) is 19.8 Å². The van der Waals surface area contributed by atoms with E-state index in [1.807, 2.05) is 37.3 Å². The van der Waals surface area contributed by atoms with Crippen LogP contribution in [-0.2, 0) is 12.8 Å². The van der Waals surface area contributed by atoms with E-state index in [1.54, 1.807) is 19.2 Å². The molecule has 0 saturated heterocycles. The largest absolute Gasteiger partial charge is 0.504 e. The molecule has 30 heavy (non-hydrogen) atoms. The number of aliphatic imine (C=N–C) groups is 1. The van der Waals surface area contributed by atoms with Gasteiger partial charge in [-0.25, -0.2) is 0 Å². The molecule has 2 rings (SSSR count). The number of guanidine groups is 1. The summed E-state index contributed by atoms with van der Waals surface area (Å²) in [6.07, 6.45) is 1.37. The first-order chi connectivity index (χ1) is 14.1. The fourth-order valence-electron chi connectivity index (χ4n) is 2.90. The van der Waals surface area contributed by atoms with E-state index in [0.29, 0.717) is 30.8 Å². The normalized spacial score (nSPS) is 10.7. The number of phenolic OH excluding ortho intramolecular Hbond substituents is 1. The van der Waals surface area contributed by atoms with E-state index in [1.165, 1.54) is 7.11 Å². The number of hydrogen-bond acceptors (Lipinski definition) is 4. The molecular formula is C22H31IN4O3. The number of amides is 1. The van der Waals surface area contributed by atoms with Gasteiger partial charge in [-0.05, 0) is 49.1 Å². The minimum absolute atomic E-state index is 0. The van der Waals surface area contributed by atoms with Gasteiger partial charge in [-0.1, -0.05) is 24.3 Å². The molecule has 2 aromatic rings. The molecular weight excluding hydrogens is 495 g/mol. The van der Waals surface area contributed by atoms with E-state index in [4.69, 9.17) is 4.74 Å². The van der Waals surface area contributed by atoms with Crippen LogP contribution in [0.5, 0.6) is 11.5 Å². The number of methoxy groups -OCH3 is 1. The van der Waals surface area contributed by atoms with Gasteiger partial charge in [0.1, 0.15) is 0 Å².